The molecule has 1 heterocycles. The topological polar surface area (TPSA) is 95.2 Å². The van der Waals surface area contributed by atoms with Gasteiger partial charge in [-0.1, -0.05) is 54.6 Å². The van der Waals surface area contributed by atoms with E-state index in [2.05, 4.69) is 42.2 Å². The molecule has 4 rings (SSSR count). The molecule has 0 aliphatic rings. The maximum Gasteiger partial charge on any atom is 0.268 e. The Morgan fingerprint density at radius 1 is 0.868 bits per heavy atom. The van der Waals surface area contributed by atoms with E-state index in [1.54, 1.807) is 48.8 Å². The van der Waals surface area contributed by atoms with Crippen molar-refractivity contribution in [3.63, 3.8) is 0 Å². The van der Waals surface area contributed by atoms with Crippen LogP contribution in [0.2, 0.25) is 0 Å². The van der Waals surface area contributed by atoms with Crippen molar-refractivity contribution in [2.45, 2.75) is 6.54 Å². The second-order valence-electron chi connectivity index (χ2n) is 8.06. The summed E-state index contributed by atoms with van der Waals surface area (Å²) in [4.78, 5) is 30.3. The van der Waals surface area contributed by atoms with Crippen LogP contribution in [0, 0.1) is 0 Å². The Kier molecular flexibility index (Phi) is 9.33. The molecular formula is C29H24BrN5O2S. The highest BCUT2D eigenvalue weighted by Crippen LogP contribution is 2.18. The van der Waals surface area contributed by atoms with Crippen molar-refractivity contribution in [2.75, 3.05) is 10.6 Å². The number of hydrogen-bond acceptors (Lipinski definition) is 4. The first kappa shape index (κ1) is 26.7. The second-order valence-corrected chi connectivity index (χ2v) is 9.33. The summed E-state index contributed by atoms with van der Waals surface area (Å²) >= 11 is 8.84. The Morgan fingerprint density at radius 2 is 1.61 bits per heavy atom. The molecule has 0 radical (unpaired) electrons. The number of hydrogen-bond donors (Lipinski definition) is 4. The average molecular weight is 587 g/mol. The molecule has 190 valence electrons. The van der Waals surface area contributed by atoms with E-state index in [4.69, 9.17) is 12.2 Å². The van der Waals surface area contributed by atoms with E-state index in [1.165, 1.54) is 0 Å². The first-order chi connectivity index (χ1) is 18.5. The molecule has 0 fully saturated rings. The smallest absolute Gasteiger partial charge is 0.268 e. The van der Waals surface area contributed by atoms with E-state index in [-0.39, 0.29) is 12.2 Å². The van der Waals surface area contributed by atoms with E-state index < -0.39 is 11.8 Å². The number of carbonyl (C=O) groups excluding carboxylic acids is 2. The third-order valence-corrected chi connectivity index (χ3v) is 6.24. The van der Waals surface area contributed by atoms with Gasteiger partial charge >= 0.3 is 0 Å². The molecule has 0 bridgehead atoms. The highest BCUT2D eigenvalue weighted by Gasteiger charge is 2.17. The summed E-state index contributed by atoms with van der Waals surface area (Å²) < 4.78 is 0.624. The maximum absolute atomic E-state index is 13.3. The summed E-state index contributed by atoms with van der Waals surface area (Å²) in [5.41, 5.74) is 3.59. The minimum absolute atomic E-state index is 0.0884. The van der Waals surface area contributed by atoms with Gasteiger partial charge in [-0.2, -0.15) is 0 Å². The van der Waals surface area contributed by atoms with Crippen molar-refractivity contribution in [1.82, 2.24) is 15.6 Å². The van der Waals surface area contributed by atoms with Crippen LogP contribution in [-0.2, 0) is 11.3 Å². The van der Waals surface area contributed by atoms with E-state index in [1.807, 2.05) is 60.7 Å². The fraction of sp³-hybridized carbons (Fsp3) is 0.0345. The molecule has 4 N–H and O–H groups in total. The summed E-state index contributed by atoms with van der Waals surface area (Å²) in [5.74, 6) is -0.865. The number of amides is 2. The number of benzene rings is 3. The first-order valence-corrected chi connectivity index (χ1v) is 12.9. The zero-order valence-corrected chi connectivity index (χ0v) is 22.6. The molecule has 1 aromatic heterocycles. The van der Waals surface area contributed by atoms with E-state index in [0.717, 1.165) is 16.9 Å². The Morgan fingerprint density at radius 3 is 2.37 bits per heavy atom. The number of nitrogens with zero attached hydrogens (tertiary/aromatic N) is 1. The number of thiocarbonyl (C=S) groups is 1. The summed E-state index contributed by atoms with van der Waals surface area (Å²) in [6.45, 7) is 0.200. The lowest BCUT2D eigenvalue weighted by Gasteiger charge is -2.16. The van der Waals surface area contributed by atoms with Crippen LogP contribution in [-0.4, -0.2) is 21.9 Å². The molecule has 9 heteroatoms. The molecule has 0 aliphatic carbocycles. The van der Waals surface area contributed by atoms with Gasteiger partial charge in [0, 0.05) is 34.8 Å². The zero-order valence-electron chi connectivity index (χ0n) is 20.1. The number of pyridine rings is 1. The summed E-state index contributed by atoms with van der Waals surface area (Å²) in [7, 11) is 0. The molecule has 3 aromatic carbocycles. The lowest BCUT2D eigenvalue weighted by Crippen LogP contribution is -2.35. The van der Waals surface area contributed by atoms with Gasteiger partial charge in [-0.25, -0.2) is 0 Å². The number of anilines is 2. The molecule has 38 heavy (non-hydrogen) atoms. The van der Waals surface area contributed by atoms with Crippen LogP contribution >= 0.6 is 28.1 Å². The number of aromatic nitrogens is 1. The minimum atomic E-state index is -0.450. The molecule has 4 aromatic rings. The molecule has 0 saturated carbocycles. The maximum atomic E-state index is 13.3. The fourth-order valence-corrected chi connectivity index (χ4v) is 4.19. The number of para-hydroxylation sites is 2. The van der Waals surface area contributed by atoms with Gasteiger partial charge in [-0.3, -0.25) is 14.6 Å². The van der Waals surface area contributed by atoms with Crippen LogP contribution in [0.3, 0.4) is 0 Å². The Hall–Kier alpha value is -4.34. The van der Waals surface area contributed by atoms with Gasteiger partial charge in [-0.05, 0) is 81.7 Å². The largest absolute Gasteiger partial charge is 0.347 e. The Labute approximate surface area is 234 Å². The SMILES string of the molecule is O=C(NCc1ccccc1NC(=S)Nc1ccccc1)C(=Cc1cccnc1)NC(=O)c1ccccc1Br. The van der Waals surface area contributed by atoms with Gasteiger partial charge in [-0.15, -0.1) is 0 Å². The number of nitrogens with one attached hydrogen (secondary N) is 4. The van der Waals surface area contributed by atoms with Gasteiger partial charge in [0.2, 0.25) is 0 Å². The van der Waals surface area contributed by atoms with Gasteiger partial charge in [0.05, 0.1) is 5.56 Å². The minimum Gasteiger partial charge on any atom is -0.347 e. The molecule has 0 unspecified atom stereocenters. The van der Waals surface area contributed by atoms with Gasteiger partial charge in [0.25, 0.3) is 11.8 Å². The molecule has 0 spiro atoms. The van der Waals surface area contributed by atoms with Crippen LogP contribution in [0.5, 0.6) is 0 Å². The molecule has 0 saturated heterocycles. The Bertz CT molecular complexity index is 1460. The van der Waals surface area contributed by atoms with Crippen molar-refractivity contribution in [2.24, 2.45) is 0 Å². The summed E-state index contributed by atoms with van der Waals surface area (Å²) in [6, 6.07) is 27.7. The van der Waals surface area contributed by atoms with Crippen molar-refractivity contribution in [3.8, 4) is 0 Å². The van der Waals surface area contributed by atoms with Crippen molar-refractivity contribution in [3.05, 3.63) is 130 Å². The highest BCUT2D eigenvalue weighted by molar-refractivity contribution is 9.10. The van der Waals surface area contributed by atoms with Crippen LogP contribution in [0.1, 0.15) is 21.5 Å². The van der Waals surface area contributed by atoms with Crippen LogP contribution in [0.15, 0.2) is 114 Å². The van der Waals surface area contributed by atoms with Crippen molar-refractivity contribution in [1.29, 1.82) is 0 Å². The fourth-order valence-electron chi connectivity index (χ4n) is 3.49. The average Bonchev–Trinajstić information content (AvgIpc) is 2.93. The van der Waals surface area contributed by atoms with Gasteiger partial charge < -0.3 is 21.3 Å². The third kappa shape index (κ3) is 7.58. The summed E-state index contributed by atoms with van der Waals surface area (Å²) in [5, 5.41) is 12.4. The molecule has 0 atom stereocenters. The quantitative estimate of drug-likeness (QED) is 0.155. The molecule has 7 nitrogen and oxygen atoms in total. The monoisotopic (exact) mass is 585 g/mol. The lowest BCUT2D eigenvalue weighted by atomic mass is 10.1. The van der Waals surface area contributed by atoms with Crippen molar-refractivity contribution < 1.29 is 9.59 Å². The third-order valence-electron chi connectivity index (χ3n) is 5.34. The van der Waals surface area contributed by atoms with Crippen LogP contribution in [0.25, 0.3) is 6.08 Å². The highest BCUT2D eigenvalue weighted by atomic mass is 79.9. The molecule has 2 amide bonds. The van der Waals surface area contributed by atoms with Gasteiger partial charge in [0.15, 0.2) is 5.11 Å². The number of rotatable bonds is 8. The predicted octanol–water partition coefficient (Wildman–Crippen LogP) is 5.74. The lowest BCUT2D eigenvalue weighted by molar-refractivity contribution is -0.117. The van der Waals surface area contributed by atoms with E-state index >= 15 is 0 Å². The normalized spacial score (nSPS) is 10.8. The standard InChI is InChI=1S/C29H24BrN5O2S/c30-24-14-6-5-13-23(24)27(36)34-26(17-20-9-8-16-31-18-20)28(37)32-19-21-10-4-7-15-25(21)35-29(38)33-22-11-2-1-3-12-22/h1-18H,19H2,(H,32,37)(H,34,36)(H2,33,35,38). The second kappa shape index (κ2) is 13.3. The molecular weight excluding hydrogens is 562 g/mol. The van der Waals surface area contributed by atoms with E-state index in [9.17, 15) is 9.59 Å². The van der Waals surface area contributed by atoms with Crippen LogP contribution < -0.4 is 21.3 Å². The number of halogens is 1. The first-order valence-electron chi connectivity index (χ1n) is 11.7. The van der Waals surface area contributed by atoms with Gasteiger partial charge in [0.1, 0.15) is 5.70 Å². The van der Waals surface area contributed by atoms with Crippen molar-refractivity contribution >= 4 is 62.5 Å². The predicted molar refractivity (Wildman–Crippen MR) is 158 cm³/mol. The summed E-state index contributed by atoms with van der Waals surface area (Å²) in [6.07, 6.45) is 4.83. The zero-order chi connectivity index (χ0) is 26.7. The van der Waals surface area contributed by atoms with Crippen LogP contribution in [0.4, 0.5) is 11.4 Å². The van der Waals surface area contributed by atoms with E-state index in [0.29, 0.717) is 20.7 Å². The number of carbonyl (C=O) groups is 2. The molecule has 0 aliphatic heterocycles. The Balaban J connectivity index is 1.48.